The first kappa shape index (κ1) is 14.8. The Labute approximate surface area is 122 Å². The van der Waals surface area contributed by atoms with Crippen LogP contribution in [0.4, 0.5) is 0 Å². The van der Waals surface area contributed by atoms with E-state index in [9.17, 15) is 8.42 Å². The molecular formula is C14H27N3O2S. The number of nitrogens with one attached hydrogen (secondary N) is 1. The van der Waals surface area contributed by atoms with Crippen LogP contribution in [0.5, 0.6) is 0 Å². The standard InChI is InChI=1S/C14H27N3O2S/c1-12-7-13(2)9-17(8-12)20(18,19)16-6-4-14(11-16)3-5-15-10-14/h12-13,15H,3-11H2,1-2H3. The van der Waals surface area contributed by atoms with E-state index >= 15 is 0 Å². The van der Waals surface area contributed by atoms with Gasteiger partial charge in [-0.2, -0.15) is 17.0 Å². The van der Waals surface area contributed by atoms with Crippen LogP contribution < -0.4 is 5.32 Å². The van der Waals surface area contributed by atoms with E-state index in [1.54, 1.807) is 8.61 Å². The number of nitrogens with zero attached hydrogens (tertiary/aromatic N) is 2. The summed E-state index contributed by atoms with van der Waals surface area (Å²) in [5, 5.41) is 3.39. The fraction of sp³-hybridized carbons (Fsp3) is 1.00. The van der Waals surface area contributed by atoms with Crippen molar-refractivity contribution >= 4 is 10.2 Å². The van der Waals surface area contributed by atoms with Gasteiger partial charge in [0.25, 0.3) is 10.2 Å². The molecule has 0 aromatic rings. The third-order valence-electron chi connectivity index (χ3n) is 5.22. The molecule has 116 valence electrons. The van der Waals surface area contributed by atoms with Crippen LogP contribution in [0, 0.1) is 17.3 Å². The van der Waals surface area contributed by atoms with Gasteiger partial charge in [0.2, 0.25) is 0 Å². The molecule has 0 radical (unpaired) electrons. The van der Waals surface area contributed by atoms with Gasteiger partial charge in [-0.05, 0) is 43.1 Å². The lowest BCUT2D eigenvalue weighted by molar-refractivity contribution is 0.209. The van der Waals surface area contributed by atoms with Crippen LogP contribution in [0.2, 0.25) is 0 Å². The maximum Gasteiger partial charge on any atom is 0.282 e. The fourth-order valence-corrected chi connectivity index (χ4v) is 6.16. The van der Waals surface area contributed by atoms with Gasteiger partial charge >= 0.3 is 0 Å². The Bertz CT molecular complexity index is 449. The molecule has 3 aliphatic heterocycles. The van der Waals surface area contributed by atoms with Crippen LogP contribution in [-0.4, -0.2) is 56.3 Å². The van der Waals surface area contributed by atoms with E-state index in [1.807, 2.05) is 0 Å². The number of hydrogen-bond donors (Lipinski definition) is 1. The minimum atomic E-state index is -3.25. The molecule has 3 fully saturated rings. The van der Waals surface area contributed by atoms with Crippen LogP contribution in [-0.2, 0) is 10.2 Å². The average molecular weight is 301 g/mol. The van der Waals surface area contributed by atoms with E-state index in [0.717, 1.165) is 32.4 Å². The highest BCUT2D eigenvalue weighted by molar-refractivity contribution is 7.86. The molecule has 5 nitrogen and oxygen atoms in total. The van der Waals surface area contributed by atoms with Crippen molar-refractivity contribution in [3.8, 4) is 0 Å². The van der Waals surface area contributed by atoms with Crippen LogP contribution in [0.25, 0.3) is 0 Å². The molecular weight excluding hydrogens is 274 g/mol. The first-order valence-electron chi connectivity index (χ1n) is 7.87. The molecule has 0 bridgehead atoms. The normalized spacial score (nSPS) is 40.7. The number of hydrogen-bond acceptors (Lipinski definition) is 3. The Morgan fingerprint density at radius 1 is 1.10 bits per heavy atom. The van der Waals surface area contributed by atoms with Crippen LogP contribution in [0.3, 0.4) is 0 Å². The summed E-state index contributed by atoms with van der Waals surface area (Å²) in [4.78, 5) is 0. The van der Waals surface area contributed by atoms with E-state index < -0.39 is 10.2 Å². The van der Waals surface area contributed by atoms with Gasteiger partial charge in [0.05, 0.1) is 0 Å². The zero-order valence-corrected chi connectivity index (χ0v) is 13.5. The van der Waals surface area contributed by atoms with E-state index in [0.29, 0.717) is 38.0 Å². The molecule has 3 aliphatic rings. The summed E-state index contributed by atoms with van der Waals surface area (Å²) in [6.07, 6.45) is 3.27. The molecule has 3 heterocycles. The van der Waals surface area contributed by atoms with E-state index in [-0.39, 0.29) is 5.41 Å². The molecule has 0 aromatic carbocycles. The maximum atomic E-state index is 12.9. The van der Waals surface area contributed by atoms with Crippen molar-refractivity contribution in [2.45, 2.75) is 33.1 Å². The highest BCUT2D eigenvalue weighted by Crippen LogP contribution is 2.38. The summed E-state index contributed by atoms with van der Waals surface area (Å²) in [6.45, 7) is 9.11. The van der Waals surface area contributed by atoms with Gasteiger partial charge in [-0.25, -0.2) is 0 Å². The summed E-state index contributed by atoms with van der Waals surface area (Å²) >= 11 is 0. The zero-order chi connectivity index (χ0) is 14.4. The number of rotatable bonds is 2. The van der Waals surface area contributed by atoms with E-state index in [4.69, 9.17) is 0 Å². The Balaban J connectivity index is 1.72. The molecule has 3 saturated heterocycles. The largest absolute Gasteiger partial charge is 0.316 e. The van der Waals surface area contributed by atoms with E-state index in [1.165, 1.54) is 0 Å². The average Bonchev–Trinajstić information content (AvgIpc) is 2.99. The Morgan fingerprint density at radius 3 is 2.40 bits per heavy atom. The van der Waals surface area contributed by atoms with Crippen LogP contribution >= 0.6 is 0 Å². The maximum absolute atomic E-state index is 12.9. The van der Waals surface area contributed by atoms with Gasteiger partial charge in [-0.3, -0.25) is 0 Å². The topological polar surface area (TPSA) is 52.7 Å². The lowest BCUT2D eigenvalue weighted by Crippen LogP contribution is -2.49. The van der Waals surface area contributed by atoms with Crippen molar-refractivity contribution in [2.24, 2.45) is 17.3 Å². The molecule has 0 amide bonds. The Hall–Kier alpha value is -0.170. The second kappa shape index (κ2) is 5.23. The third kappa shape index (κ3) is 2.63. The summed E-state index contributed by atoms with van der Waals surface area (Å²) in [5.41, 5.74) is 0.208. The third-order valence-corrected chi connectivity index (χ3v) is 7.14. The van der Waals surface area contributed by atoms with Crippen molar-refractivity contribution in [1.29, 1.82) is 0 Å². The van der Waals surface area contributed by atoms with E-state index in [2.05, 4.69) is 19.2 Å². The van der Waals surface area contributed by atoms with Gasteiger partial charge < -0.3 is 5.32 Å². The summed E-state index contributed by atoms with van der Waals surface area (Å²) < 4.78 is 29.2. The smallest absolute Gasteiger partial charge is 0.282 e. The van der Waals surface area contributed by atoms with Crippen molar-refractivity contribution in [2.75, 3.05) is 39.3 Å². The molecule has 20 heavy (non-hydrogen) atoms. The molecule has 0 aromatic heterocycles. The second-order valence-electron chi connectivity index (χ2n) is 7.28. The second-order valence-corrected chi connectivity index (χ2v) is 9.21. The predicted molar refractivity (Wildman–Crippen MR) is 79.5 cm³/mol. The Kier molecular flexibility index (Phi) is 3.86. The highest BCUT2D eigenvalue weighted by Gasteiger charge is 2.46. The minimum Gasteiger partial charge on any atom is -0.316 e. The fourth-order valence-electron chi connectivity index (χ4n) is 4.19. The molecule has 3 rings (SSSR count). The Morgan fingerprint density at radius 2 is 1.80 bits per heavy atom. The molecule has 1 N–H and O–H groups in total. The predicted octanol–water partition coefficient (Wildman–Crippen LogP) is 0.895. The van der Waals surface area contributed by atoms with Crippen molar-refractivity contribution in [3.05, 3.63) is 0 Å². The first-order valence-corrected chi connectivity index (χ1v) is 9.27. The summed E-state index contributed by atoms with van der Waals surface area (Å²) in [7, 11) is -3.25. The lowest BCUT2D eigenvalue weighted by atomic mass is 9.87. The molecule has 3 atom stereocenters. The van der Waals surface area contributed by atoms with Gasteiger partial charge in [0.1, 0.15) is 0 Å². The van der Waals surface area contributed by atoms with Gasteiger partial charge in [0.15, 0.2) is 0 Å². The van der Waals surface area contributed by atoms with Crippen molar-refractivity contribution in [3.63, 3.8) is 0 Å². The zero-order valence-electron chi connectivity index (χ0n) is 12.6. The minimum absolute atomic E-state index is 0.208. The van der Waals surface area contributed by atoms with Crippen LogP contribution in [0.15, 0.2) is 0 Å². The van der Waals surface area contributed by atoms with Gasteiger partial charge in [0, 0.05) is 32.7 Å². The number of piperidine rings is 1. The van der Waals surface area contributed by atoms with Crippen molar-refractivity contribution in [1.82, 2.24) is 13.9 Å². The van der Waals surface area contributed by atoms with Gasteiger partial charge in [-0.15, -0.1) is 0 Å². The quantitative estimate of drug-likeness (QED) is 0.824. The first-order chi connectivity index (χ1) is 9.41. The molecule has 3 unspecified atom stereocenters. The molecule has 0 aliphatic carbocycles. The van der Waals surface area contributed by atoms with Crippen molar-refractivity contribution < 1.29 is 8.42 Å². The monoisotopic (exact) mass is 301 g/mol. The molecule has 0 saturated carbocycles. The van der Waals surface area contributed by atoms with Crippen LogP contribution in [0.1, 0.15) is 33.1 Å². The summed E-state index contributed by atoms with van der Waals surface area (Å²) in [6, 6.07) is 0. The summed E-state index contributed by atoms with van der Waals surface area (Å²) in [5.74, 6) is 0.941. The molecule has 1 spiro atoms. The SMILES string of the molecule is CC1CC(C)CN(S(=O)(=O)N2CCC3(CCNC3)C2)C1. The van der Waals surface area contributed by atoms with Gasteiger partial charge in [-0.1, -0.05) is 13.8 Å². The highest BCUT2D eigenvalue weighted by atomic mass is 32.2. The molecule has 6 heteroatoms. The lowest BCUT2D eigenvalue weighted by Gasteiger charge is -2.36.